The summed E-state index contributed by atoms with van der Waals surface area (Å²) in [6, 6.07) is 31.1. The van der Waals surface area contributed by atoms with Crippen molar-refractivity contribution >= 4 is 34.5 Å². The third-order valence-electron chi connectivity index (χ3n) is 9.70. The second-order valence-electron chi connectivity index (χ2n) is 11.2. The number of para-hydroxylation sites is 2. The normalized spacial score (nSPS) is 24.7. The Kier molecular flexibility index (Phi) is 3.74. The van der Waals surface area contributed by atoms with Crippen LogP contribution in [0.1, 0.15) is 45.1 Å². The average Bonchev–Trinajstić information content (AvgIpc) is 3.11. The molecule has 170 valence electrons. The van der Waals surface area contributed by atoms with Gasteiger partial charge in [-0.15, -0.1) is 0 Å². The van der Waals surface area contributed by atoms with Gasteiger partial charge in [-0.1, -0.05) is 86.5 Å². The molecule has 4 aromatic rings. The molecular formula is C32H28BNO. The van der Waals surface area contributed by atoms with Crippen LogP contribution in [0.5, 0.6) is 11.5 Å². The minimum atomic E-state index is 0.0632. The smallest absolute Gasteiger partial charge is 0.256 e. The molecule has 2 nitrogen and oxygen atoms in total. The maximum atomic E-state index is 6.80. The van der Waals surface area contributed by atoms with Crippen LogP contribution in [0.15, 0.2) is 84.9 Å². The number of hydrogen-bond donors (Lipinski definition) is 0. The SMILES string of the molecule is CC12CCCC[C@]1(C)c1cccc3c1N2c1ccc(-c2ccccc2)c2c1B3c1ccccc1O2. The minimum Gasteiger partial charge on any atom is -0.458 e. The summed E-state index contributed by atoms with van der Waals surface area (Å²) in [7, 11) is 0. The van der Waals surface area contributed by atoms with Gasteiger partial charge in [0.05, 0.1) is 5.54 Å². The maximum absolute atomic E-state index is 6.80. The lowest BCUT2D eigenvalue weighted by Gasteiger charge is -2.52. The van der Waals surface area contributed by atoms with Crippen molar-refractivity contribution in [3.8, 4) is 22.6 Å². The van der Waals surface area contributed by atoms with Crippen molar-refractivity contribution in [1.82, 2.24) is 0 Å². The zero-order chi connectivity index (χ0) is 23.4. The molecule has 0 bridgehead atoms. The van der Waals surface area contributed by atoms with Crippen molar-refractivity contribution < 1.29 is 4.74 Å². The fourth-order valence-electron chi connectivity index (χ4n) is 7.82. The highest BCUT2D eigenvalue weighted by Crippen LogP contribution is 2.61. The number of rotatable bonds is 1. The Bertz CT molecular complexity index is 1530. The monoisotopic (exact) mass is 453 g/mol. The maximum Gasteiger partial charge on any atom is 0.256 e. The molecule has 2 atom stereocenters. The predicted molar refractivity (Wildman–Crippen MR) is 146 cm³/mol. The van der Waals surface area contributed by atoms with E-state index in [2.05, 4.69) is 104 Å². The molecule has 0 radical (unpaired) electrons. The number of nitrogens with zero attached hydrogens (tertiary/aromatic N) is 1. The molecule has 0 amide bonds. The van der Waals surface area contributed by atoms with Crippen molar-refractivity contribution in [2.24, 2.45) is 0 Å². The third kappa shape index (κ3) is 2.28. The highest BCUT2D eigenvalue weighted by atomic mass is 16.5. The van der Waals surface area contributed by atoms with E-state index < -0.39 is 0 Å². The molecule has 1 saturated carbocycles. The summed E-state index contributed by atoms with van der Waals surface area (Å²) in [5.41, 5.74) is 11.0. The lowest BCUT2D eigenvalue weighted by molar-refractivity contribution is 0.195. The highest BCUT2D eigenvalue weighted by molar-refractivity contribution is 6.99. The second kappa shape index (κ2) is 6.60. The van der Waals surface area contributed by atoms with Gasteiger partial charge < -0.3 is 9.64 Å². The number of benzene rings is 4. The molecule has 35 heavy (non-hydrogen) atoms. The van der Waals surface area contributed by atoms with Gasteiger partial charge in [-0.25, -0.2) is 0 Å². The fraction of sp³-hybridized carbons (Fsp3) is 0.250. The summed E-state index contributed by atoms with van der Waals surface area (Å²) in [5, 5.41) is 0. The van der Waals surface area contributed by atoms with Crippen LogP contribution in [0.25, 0.3) is 11.1 Å². The molecule has 0 aromatic heterocycles. The Morgan fingerprint density at radius 1 is 0.771 bits per heavy atom. The van der Waals surface area contributed by atoms with E-state index in [1.54, 1.807) is 5.56 Å². The molecule has 3 heterocycles. The Morgan fingerprint density at radius 2 is 1.54 bits per heavy atom. The number of ether oxygens (including phenoxy) is 1. The zero-order valence-corrected chi connectivity index (χ0v) is 20.3. The van der Waals surface area contributed by atoms with Gasteiger partial charge >= 0.3 is 0 Å². The molecule has 8 rings (SSSR count). The van der Waals surface area contributed by atoms with Crippen molar-refractivity contribution in [2.45, 2.75) is 50.5 Å². The van der Waals surface area contributed by atoms with E-state index in [0.717, 1.165) is 11.5 Å². The first-order valence-electron chi connectivity index (χ1n) is 13.0. The summed E-state index contributed by atoms with van der Waals surface area (Å²) >= 11 is 0. The van der Waals surface area contributed by atoms with E-state index in [4.69, 9.17) is 4.74 Å². The van der Waals surface area contributed by atoms with Gasteiger partial charge in [0, 0.05) is 22.4 Å². The standard InChI is InChI=1S/C32H28BNO/c1-31-19-8-9-20-32(31,2)34-26-18-17-22(21-11-4-3-5-12-21)30-28(26)33(24-14-6-7-16-27(24)35-30)25-15-10-13-23(31)29(25)34/h3-7,10-18H,8-9,19-20H2,1-2H3/t31-,32?/m1/s1. The summed E-state index contributed by atoms with van der Waals surface area (Å²) in [6.07, 6.45) is 5.07. The molecule has 1 unspecified atom stereocenters. The summed E-state index contributed by atoms with van der Waals surface area (Å²) < 4.78 is 6.80. The molecule has 0 spiro atoms. The topological polar surface area (TPSA) is 12.5 Å². The van der Waals surface area contributed by atoms with E-state index in [1.165, 1.54) is 64.6 Å². The van der Waals surface area contributed by atoms with Crippen LogP contribution in [-0.2, 0) is 5.41 Å². The molecule has 4 aromatic carbocycles. The Balaban J connectivity index is 1.50. The molecule has 4 aliphatic rings. The Labute approximate surface area is 207 Å². The largest absolute Gasteiger partial charge is 0.458 e. The predicted octanol–water partition coefficient (Wildman–Crippen LogP) is 6.03. The minimum absolute atomic E-state index is 0.0632. The molecular weight excluding hydrogens is 425 g/mol. The average molecular weight is 453 g/mol. The van der Waals surface area contributed by atoms with Gasteiger partial charge in [-0.05, 0) is 65.5 Å². The first-order valence-corrected chi connectivity index (χ1v) is 13.0. The Morgan fingerprint density at radius 3 is 2.43 bits per heavy atom. The second-order valence-corrected chi connectivity index (χ2v) is 11.2. The van der Waals surface area contributed by atoms with E-state index in [-0.39, 0.29) is 17.7 Å². The summed E-state index contributed by atoms with van der Waals surface area (Å²) in [4.78, 5) is 2.73. The van der Waals surface area contributed by atoms with Crippen LogP contribution < -0.4 is 26.0 Å². The lowest BCUT2D eigenvalue weighted by Crippen LogP contribution is -2.63. The highest BCUT2D eigenvalue weighted by Gasteiger charge is 2.61. The lowest BCUT2D eigenvalue weighted by atomic mass is 9.34. The molecule has 3 aliphatic heterocycles. The van der Waals surface area contributed by atoms with Crippen molar-refractivity contribution in [2.75, 3.05) is 4.90 Å². The van der Waals surface area contributed by atoms with Crippen molar-refractivity contribution in [1.29, 1.82) is 0 Å². The fourth-order valence-corrected chi connectivity index (χ4v) is 7.82. The molecule has 1 fully saturated rings. The molecule has 3 heteroatoms. The summed E-state index contributed by atoms with van der Waals surface area (Å²) in [5.74, 6) is 2.01. The number of fused-ring (bicyclic) bond motifs is 7. The number of hydrogen-bond acceptors (Lipinski definition) is 2. The van der Waals surface area contributed by atoms with Gasteiger partial charge in [-0.2, -0.15) is 0 Å². The van der Waals surface area contributed by atoms with E-state index in [9.17, 15) is 0 Å². The van der Waals surface area contributed by atoms with E-state index in [1.807, 2.05) is 0 Å². The van der Waals surface area contributed by atoms with Gasteiger partial charge in [-0.3, -0.25) is 0 Å². The first-order chi connectivity index (χ1) is 17.1. The van der Waals surface area contributed by atoms with Crippen molar-refractivity contribution in [3.05, 3.63) is 90.5 Å². The van der Waals surface area contributed by atoms with Crippen LogP contribution in [-0.4, -0.2) is 12.3 Å². The Hall–Kier alpha value is -3.46. The van der Waals surface area contributed by atoms with Gasteiger partial charge in [0.15, 0.2) is 0 Å². The van der Waals surface area contributed by atoms with E-state index in [0.29, 0.717) is 0 Å². The summed E-state index contributed by atoms with van der Waals surface area (Å²) in [6.45, 7) is 5.23. The first kappa shape index (κ1) is 19.8. The van der Waals surface area contributed by atoms with E-state index >= 15 is 0 Å². The number of anilines is 2. The van der Waals surface area contributed by atoms with Crippen LogP contribution in [0.2, 0.25) is 0 Å². The van der Waals surface area contributed by atoms with Crippen LogP contribution in [0.3, 0.4) is 0 Å². The zero-order valence-electron chi connectivity index (χ0n) is 20.3. The van der Waals surface area contributed by atoms with Gasteiger partial charge in [0.1, 0.15) is 11.5 Å². The molecule has 0 N–H and O–H groups in total. The van der Waals surface area contributed by atoms with Crippen molar-refractivity contribution in [3.63, 3.8) is 0 Å². The van der Waals surface area contributed by atoms with Crippen LogP contribution >= 0.6 is 0 Å². The van der Waals surface area contributed by atoms with Crippen LogP contribution in [0, 0.1) is 0 Å². The molecule has 1 aliphatic carbocycles. The molecule has 0 saturated heterocycles. The van der Waals surface area contributed by atoms with Crippen LogP contribution in [0.4, 0.5) is 11.4 Å². The van der Waals surface area contributed by atoms with Gasteiger partial charge in [0.2, 0.25) is 0 Å². The van der Waals surface area contributed by atoms with Gasteiger partial charge in [0.25, 0.3) is 6.71 Å². The third-order valence-corrected chi connectivity index (χ3v) is 9.70. The quantitative estimate of drug-likeness (QED) is 0.288.